The predicted molar refractivity (Wildman–Crippen MR) is 124 cm³/mol. The van der Waals surface area contributed by atoms with E-state index in [1.807, 2.05) is 18.2 Å². The van der Waals surface area contributed by atoms with Crippen molar-refractivity contribution in [2.75, 3.05) is 32.7 Å². The summed E-state index contributed by atoms with van der Waals surface area (Å²) in [5.41, 5.74) is 2.12. The number of hydrogen-bond donors (Lipinski definition) is 1. The van der Waals surface area contributed by atoms with E-state index in [0.29, 0.717) is 18.7 Å². The number of piperazine rings is 1. The minimum atomic E-state index is -0.914. The highest BCUT2D eigenvalue weighted by Gasteiger charge is 2.29. The van der Waals surface area contributed by atoms with Crippen LogP contribution in [0, 0.1) is 0 Å². The molecule has 2 saturated heterocycles. The molecule has 2 heterocycles. The number of esters is 1. The first-order valence-electron chi connectivity index (χ1n) is 11.3. The van der Waals surface area contributed by atoms with Crippen LogP contribution in [-0.4, -0.2) is 77.3 Å². The Morgan fingerprint density at radius 2 is 1.65 bits per heavy atom. The van der Waals surface area contributed by atoms with Crippen LogP contribution in [-0.2, 0) is 27.4 Å². The maximum atomic E-state index is 12.8. The summed E-state index contributed by atoms with van der Waals surface area (Å²) in [5.74, 6) is -1.16. The number of carbonyl (C=O) groups excluding carboxylic acids is 4. The summed E-state index contributed by atoms with van der Waals surface area (Å²) in [6.07, 6.45) is -0.914. The summed E-state index contributed by atoms with van der Waals surface area (Å²) >= 11 is 0. The number of imide groups is 1. The molecule has 9 heteroatoms. The van der Waals surface area contributed by atoms with Gasteiger partial charge in [-0.2, -0.15) is 0 Å². The second-order valence-electron chi connectivity index (χ2n) is 8.47. The van der Waals surface area contributed by atoms with E-state index in [0.717, 1.165) is 24.5 Å². The summed E-state index contributed by atoms with van der Waals surface area (Å²) in [7, 11) is 0. The zero-order valence-corrected chi connectivity index (χ0v) is 19.1. The van der Waals surface area contributed by atoms with E-state index in [2.05, 4.69) is 22.3 Å². The molecule has 0 unspecified atom stereocenters. The van der Waals surface area contributed by atoms with E-state index in [-0.39, 0.29) is 30.5 Å². The van der Waals surface area contributed by atoms with Crippen LogP contribution in [0.5, 0.6) is 0 Å². The molecule has 0 bridgehead atoms. The monoisotopic (exact) mass is 464 g/mol. The lowest BCUT2D eigenvalue weighted by Gasteiger charge is -2.35. The Bertz CT molecular complexity index is 1050. The summed E-state index contributed by atoms with van der Waals surface area (Å²) in [4.78, 5) is 54.2. The average molecular weight is 465 g/mol. The van der Waals surface area contributed by atoms with E-state index in [9.17, 15) is 19.2 Å². The van der Waals surface area contributed by atoms with Crippen molar-refractivity contribution in [1.29, 1.82) is 0 Å². The second kappa shape index (κ2) is 10.5. The Balaban J connectivity index is 1.28. The molecule has 0 aromatic heterocycles. The molecule has 1 atom stereocenters. The molecule has 9 nitrogen and oxygen atoms in total. The lowest BCUT2D eigenvalue weighted by molar-refractivity contribution is -0.141. The van der Waals surface area contributed by atoms with Crippen molar-refractivity contribution >= 4 is 23.8 Å². The van der Waals surface area contributed by atoms with Crippen molar-refractivity contribution in [2.45, 2.75) is 26.1 Å². The summed E-state index contributed by atoms with van der Waals surface area (Å²) < 4.78 is 5.44. The van der Waals surface area contributed by atoms with Gasteiger partial charge in [-0.05, 0) is 30.2 Å². The highest BCUT2D eigenvalue weighted by molar-refractivity contribution is 6.01. The van der Waals surface area contributed by atoms with Gasteiger partial charge in [0.25, 0.3) is 5.91 Å². The smallest absolute Gasteiger partial charge is 0.338 e. The predicted octanol–water partition coefficient (Wildman–Crippen LogP) is 1.63. The van der Waals surface area contributed by atoms with Crippen LogP contribution in [0.15, 0.2) is 54.6 Å². The van der Waals surface area contributed by atoms with Crippen LogP contribution >= 0.6 is 0 Å². The van der Waals surface area contributed by atoms with Gasteiger partial charge >= 0.3 is 12.0 Å². The number of benzene rings is 2. The molecule has 2 fully saturated rings. The largest absolute Gasteiger partial charge is 0.449 e. The maximum absolute atomic E-state index is 12.8. The number of ether oxygens (including phenoxy) is 1. The number of nitrogens with one attached hydrogen (secondary N) is 1. The van der Waals surface area contributed by atoms with Gasteiger partial charge in [0.05, 0.1) is 18.7 Å². The normalized spacial score (nSPS) is 17.4. The van der Waals surface area contributed by atoms with Gasteiger partial charge in [-0.15, -0.1) is 0 Å². The Morgan fingerprint density at radius 3 is 2.32 bits per heavy atom. The number of carbonyl (C=O) groups is 4. The molecule has 2 aromatic rings. The zero-order chi connectivity index (χ0) is 24.1. The molecule has 4 rings (SSSR count). The first-order chi connectivity index (χ1) is 16.4. The first kappa shape index (κ1) is 23.4. The average Bonchev–Trinajstić information content (AvgIpc) is 3.17. The van der Waals surface area contributed by atoms with Crippen molar-refractivity contribution in [1.82, 2.24) is 20.0 Å². The standard InChI is InChI=1S/C25H28N4O5/c1-18(23(31)28-12-10-27(11-13-28)16-19-6-3-2-4-7-19)34-24(32)21-9-5-8-20(14-21)17-29-22(30)15-26-25(29)33/h2-9,14,18H,10-13,15-17H2,1H3,(H,26,33)/t18-/m1/s1. The third kappa shape index (κ3) is 5.60. The summed E-state index contributed by atoms with van der Waals surface area (Å²) in [6, 6.07) is 16.3. The molecule has 2 aromatic carbocycles. The fourth-order valence-electron chi connectivity index (χ4n) is 4.10. The van der Waals surface area contributed by atoms with Crippen LogP contribution in [0.4, 0.5) is 4.79 Å². The van der Waals surface area contributed by atoms with E-state index >= 15 is 0 Å². The third-order valence-electron chi connectivity index (χ3n) is 6.00. The fourth-order valence-corrected chi connectivity index (χ4v) is 4.10. The first-order valence-corrected chi connectivity index (χ1v) is 11.3. The van der Waals surface area contributed by atoms with Gasteiger partial charge in [0.15, 0.2) is 6.10 Å². The van der Waals surface area contributed by atoms with Crippen LogP contribution in [0.2, 0.25) is 0 Å². The molecule has 0 radical (unpaired) electrons. The van der Waals surface area contributed by atoms with Gasteiger partial charge in [-0.25, -0.2) is 9.59 Å². The number of rotatable bonds is 7. The quantitative estimate of drug-likeness (QED) is 0.494. The van der Waals surface area contributed by atoms with E-state index in [4.69, 9.17) is 4.74 Å². The molecule has 1 N–H and O–H groups in total. The molecule has 2 aliphatic heterocycles. The minimum absolute atomic E-state index is 0.0271. The highest BCUT2D eigenvalue weighted by atomic mass is 16.5. The molecule has 0 saturated carbocycles. The molecule has 0 aliphatic carbocycles. The van der Waals surface area contributed by atoms with Crippen molar-refractivity contribution in [2.24, 2.45) is 0 Å². The number of urea groups is 1. The summed E-state index contributed by atoms with van der Waals surface area (Å²) in [6.45, 7) is 5.12. The molecule has 178 valence electrons. The van der Waals surface area contributed by atoms with Gasteiger partial charge in [0, 0.05) is 32.7 Å². The molecule has 2 aliphatic rings. The lowest BCUT2D eigenvalue weighted by atomic mass is 10.1. The van der Waals surface area contributed by atoms with E-state index in [1.54, 1.807) is 36.1 Å². The Hall–Kier alpha value is -3.72. The van der Waals surface area contributed by atoms with Gasteiger partial charge in [0.1, 0.15) is 0 Å². The Morgan fingerprint density at radius 1 is 0.941 bits per heavy atom. The number of nitrogens with zero attached hydrogens (tertiary/aromatic N) is 3. The topological polar surface area (TPSA) is 99.3 Å². The van der Waals surface area contributed by atoms with Crippen molar-refractivity contribution in [3.8, 4) is 0 Å². The lowest BCUT2D eigenvalue weighted by Crippen LogP contribution is -2.51. The third-order valence-corrected chi connectivity index (χ3v) is 6.00. The van der Waals surface area contributed by atoms with Crippen LogP contribution in [0.3, 0.4) is 0 Å². The summed E-state index contributed by atoms with van der Waals surface area (Å²) in [5, 5.41) is 2.46. The second-order valence-corrected chi connectivity index (χ2v) is 8.47. The highest BCUT2D eigenvalue weighted by Crippen LogP contribution is 2.14. The Labute approximate surface area is 198 Å². The maximum Gasteiger partial charge on any atom is 0.338 e. The number of hydrogen-bond acceptors (Lipinski definition) is 6. The SMILES string of the molecule is C[C@@H](OC(=O)c1cccc(CN2C(=O)CNC2=O)c1)C(=O)N1CCN(Cc2ccccc2)CC1. The van der Waals surface area contributed by atoms with Crippen LogP contribution in [0.25, 0.3) is 0 Å². The van der Waals surface area contributed by atoms with Crippen LogP contribution < -0.4 is 5.32 Å². The fraction of sp³-hybridized carbons (Fsp3) is 0.360. The Kier molecular flexibility index (Phi) is 7.22. The minimum Gasteiger partial charge on any atom is -0.449 e. The van der Waals surface area contributed by atoms with Crippen molar-refractivity contribution in [3.05, 3.63) is 71.3 Å². The molecule has 34 heavy (non-hydrogen) atoms. The van der Waals surface area contributed by atoms with Crippen molar-refractivity contribution < 1.29 is 23.9 Å². The molecular formula is C25H28N4O5. The molecule has 0 spiro atoms. The zero-order valence-electron chi connectivity index (χ0n) is 19.1. The van der Waals surface area contributed by atoms with E-state index in [1.165, 1.54) is 5.56 Å². The molecule has 4 amide bonds. The van der Waals surface area contributed by atoms with Gasteiger partial charge in [-0.3, -0.25) is 19.4 Å². The van der Waals surface area contributed by atoms with Gasteiger partial charge < -0.3 is 15.0 Å². The van der Waals surface area contributed by atoms with Crippen molar-refractivity contribution in [3.63, 3.8) is 0 Å². The number of amides is 4. The van der Waals surface area contributed by atoms with Crippen LogP contribution in [0.1, 0.15) is 28.4 Å². The van der Waals surface area contributed by atoms with Gasteiger partial charge in [-0.1, -0.05) is 42.5 Å². The van der Waals surface area contributed by atoms with Gasteiger partial charge in [0.2, 0.25) is 5.91 Å². The van der Waals surface area contributed by atoms with E-state index < -0.39 is 18.1 Å². The molecular weight excluding hydrogens is 436 g/mol.